The van der Waals surface area contributed by atoms with Crippen LogP contribution >= 0.6 is 15.9 Å². The summed E-state index contributed by atoms with van der Waals surface area (Å²) in [6.45, 7) is 7.25. The van der Waals surface area contributed by atoms with Crippen LogP contribution in [0.5, 0.6) is 0 Å². The predicted molar refractivity (Wildman–Crippen MR) is 82.9 cm³/mol. The zero-order chi connectivity index (χ0) is 14.0. The average molecular weight is 322 g/mol. The van der Waals surface area contributed by atoms with Gasteiger partial charge in [0.05, 0.1) is 11.4 Å². The molecule has 0 atom stereocenters. The van der Waals surface area contributed by atoms with Crippen LogP contribution in [0, 0.1) is 13.8 Å². The number of rotatable bonds is 4. The van der Waals surface area contributed by atoms with Gasteiger partial charge in [-0.15, -0.1) is 0 Å². The highest BCUT2D eigenvalue weighted by Crippen LogP contribution is 2.25. The number of nitrogens with zero attached hydrogens (tertiary/aromatic N) is 2. The molecule has 1 aromatic carbocycles. The number of hydrogen-bond donors (Lipinski definition) is 1. The fourth-order valence-electron chi connectivity index (χ4n) is 2.46. The topological polar surface area (TPSA) is 29.9 Å². The van der Waals surface area contributed by atoms with Crippen LogP contribution in [0.3, 0.4) is 0 Å². The average Bonchev–Trinajstić information content (AvgIpc) is 2.65. The predicted octanol–water partition coefficient (Wildman–Crippen LogP) is 3.53. The first-order valence-electron chi connectivity index (χ1n) is 6.57. The highest BCUT2D eigenvalue weighted by Gasteiger charge is 2.13. The largest absolute Gasteiger partial charge is 0.316 e. The van der Waals surface area contributed by atoms with Crippen LogP contribution in [0.1, 0.15) is 29.4 Å². The molecule has 0 aliphatic rings. The number of nitrogens with one attached hydrogen (secondary N) is 1. The minimum Gasteiger partial charge on any atom is -0.316 e. The number of aromatic nitrogens is 2. The van der Waals surface area contributed by atoms with Gasteiger partial charge in [-0.1, -0.05) is 13.0 Å². The molecule has 2 aromatic rings. The first kappa shape index (κ1) is 14.3. The monoisotopic (exact) mass is 321 g/mol. The molecule has 1 N–H and O–H groups in total. The summed E-state index contributed by atoms with van der Waals surface area (Å²) < 4.78 is 3.11. The van der Waals surface area contributed by atoms with Crippen molar-refractivity contribution in [3.8, 4) is 5.69 Å². The third kappa shape index (κ3) is 2.74. The summed E-state index contributed by atoms with van der Waals surface area (Å²) in [6.07, 6.45) is 1.02. The Morgan fingerprint density at radius 2 is 2.05 bits per heavy atom. The lowest BCUT2D eigenvalue weighted by atomic mass is 10.1. The summed E-state index contributed by atoms with van der Waals surface area (Å²) in [4.78, 5) is 0. The summed E-state index contributed by atoms with van der Waals surface area (Å²) >= 11 is 3.66. The summed E-state index contributed by atoms with van der Waals surface area (Å²) in [6, 6.07) is 6.40. The van der Waals surface area contributed by atoms with Gasteiger partial charge < -0.3 is 5.32 Å². The second-order valence-electron chi connectivity index (χ2n) is 4.73. The van der Waals surface area contributed by atoms with E-state index < -0.39 is 0 Å². The first-order valence-corrected chi connectivity index (χ1v) is 7.36. The van der Waals surface area contributed by atoms with E-state index in [9.17, 15) is 0 Å². The molecular formula is C15H20BrN3. The van der Waals surface area contributed by atoms with Gasteiger partial charge in [0.25, 0.3) is 0 Å². The van der Waals surface area contributed by atoms with Crippen LogP contribution in [-0.2, 0) is 13.0 Å². The van der Waals surface area contributed by atoms with Crippen LogP contribution in [0.2, 0.25) is 0 Å². The van der Waals surface area contributed by atoms with Crippen molar-refractivity contribution in [2.75, 3.05) is 7.05 Å². The third-order valence-corrected chi connectivity index (χ3v) is 4.05. The normalized spacial score (nSPS) is 11.0. The van der Waals surface area contributed by atoms with E-state index >= 15 is 0 Å². The Morgan fingerprint density at radius 3 is 2.58 bits per heavy atom. The molecule has 0 saturated heterocycles. The van der Waals surface area contributed by atoms with Crippen LogP contribution in [-0.4, -0.2) is 16.8 Å². The van der Waals surface area contributed by atoms with E-state index in [2.05, 4.69) is 65.3 Å². The van der Waals surface area contributed by atoms with Crippen molar-refractivity contribution >= 4 is 15.9 Å². The lowest BCUT2D eigenvalue weighted by Crippen LogP contribution is -2.06. The molecule has 1 aromatic heterocycles. The SMILES string of the molecule is CCc1c(C)nn(-c2ccc(CNC)cc2Br)c1C. The maximum atomic E-state index is 4.66. The third-order valence-electron chi connectivity index (χ3n) is 3.42. The maximum Gasteiger partial charge on any atom is 0.0791 e. The molecule has 0 bridgehead atoms. The Hall–Kier alpha value is -1.13. The molecule has 0 saturated carbocycles. The minimum atomic E-state index is 0.871. The van der Waals surface area contributed by atoms with Crippen molar-refractivity contribution in [1.29, 1.82) is 0 Å². The van der Waals surface area contributed by atoms with Gasteiger partial charge in [-0.05, 0) is 66.5 Å². The molecular weight excluding hydrogens is 302 g/mol. The lowest BCUT2D eigenvalue weighted by molar-refractivity contribution is 0.807. The maximum absolute atomic E-state index is 4.66. The van der Waals surface area contributed by atoms with Crippen molar-refractivity contribution in [3.63, 3.8) is 0 Å². The van der Waals surface area contributed by atoms with Gasteiger partial charge in [0.1, 0.15) is 0 Å². The number of hydrogen-bond acceptors (Lipinski definition) is 2. The van der Waals surface area contributed by atoms with Gasteiger partial charge in [0, 0.05) is 16.7 Å². The van der Waals surface area contributed by atoms with Gasteiger partial charge in [-0.25, -0.2) is 4.68 Å². The van der Waals surface area contributed by atoms with Gasteiger partial charge in [0.2, 0.25) is 0 Å². The fourth-order valence-corrected chi connectivity index (χ4v) is 3.05. The van der Waals surface area contributed by atoms with Crippen molar-refractivity contribution < 1.29 is 0 Å². The molecule has 0 aliphatic heterocycles. The molecule has 102 valence electrons. The second-order valence-corrected chi connectivity index (χ2v) is 5.59. The Morgan fingerprint density at radius 1 is 1.32 bits per heavy atom. The van der Waals surface area contributed by atoms with Crippen LogP contribution in [0.4, 0.5) is 0 Å². The quantitative estimate of drug-likeness (QED) is 0.933. The molecule has 19 heavy (non-hydrogen) atoms. The van der Waals surface area contributed by atoms with Crippen LogP contribution in [0.15, 0.2) is 22.7 Å². The molecule has 1 heterocycles. The Labute approximate surface area is 123 Å². The molecule has 0 amide bonds. The summed E-state index contributed by atoms with van der Waals surface area (Å²) in [5.74, 6) is 0. The molecule has 0 spiro atoms. The highest BCUT2D eigenvalue weighted by atomic mass is 79.9. The molecule has 3 nitrogen and oxygen atoms in total. The van der Waals surface area contributed by atoms with E-state index in [1.54, 1.807) is 0 Å². The molecule has 0 unspecified atom stereocenters. The summed E-state index contributed by atoms with van der Waals surface area (Å²) in [7, 11) is 1.95. The fraction of sp³-hybridized carbons (Fsp3) is 0.400. The highest BCUT2D eigenvalue weighted by molar-refractivity contribution is 9.10. The Bertz CT molecular complexity index is 587. The first-order chi connectivity index (χ1) is 9.08. The number of aryl methyl sites for hydroxylation is 1. The van der Waals surface area contributed by atoms with Gasteiger partial charge in [-0.2, -0.15) is 5.10 Å². The van der Waals surface area contributed by atoms with Crippen molar-refractivity contribution in [3.05, 3.63) is 45.2 Å². The summed E-state index contributed by atoms with van der Waals surface area (Å²) in [5, 5.41) is 7.82. The number of benzene rings is 1. The van der Waals surface area contributed by atoms with Gasteiger partial charge in [-0.3, -0.25) is 0 Å². The standard InChI is InChI=1S/C15H20BrN3/c1-5-13-10(2)18-19(11(13)3)15-7-6-12(9-17-4)8-14(15)16/h6-8,17H,5,9H2,1-4H3. The molecule has 0 radical (unpaired) electrons. The molecule has 0 aliphatic carbocycles. The molecule has 0 fully saturated rings. The van der Waals surface area contributed by atoms with Crippen molar-refractivity contribution in [2.45, 2.75) is 33.7 Å². The lowest BCUT2D eigenvalue weighted by Gasteiger charge is -2.09. The smallest absolute Gasteiger partial charge is 0.0791 e. The molecule has 4 heteroatoms. The van der Waals surface area contributed by atoms with E-state index in [1.807, 2.05) is 11.7 Å². The van der Waals surface area contributed by atoms with Crippen LogP contribution in [0.25, 0.3) is 5.69 Å². The number of halogens is 1. The van der Waals surface area contributed by atoms with E-state index in [0.29, 0.717) is 0 Å². The van der Waals surface area contributed by atoms with E-state index in [0.717, 1.165) is 28.8 Å². The van der Waals surface area contributed by atoms with E-state index in [4.69, 9.17) is 0 Å². The van der Waals surface area contributed by atoms with Crippen LogP contribution < -0.4 is 5.32 Å². The zero-order valence-corrected chi connectivity index (χ0v) is 13.5. The summed E-state index contributed by atoms with van der Waals surface area (Å²) in [5.41, 5.74) is 6.04. The van der Waals surface area contributed by atoms with E-state index in [1.165, 1.54) is 16.8 Å². The van der Waals surface area contributed by atoms with E-state index in [-0.39, 0.29) is 0 Å². The van der Waals surface area contributed by atoms with Crippen molar-refractivity contribution in [1.82, 2.24) is 15.1 Å². The molecule has 2 rings (SSSR count). The second kappa shape index (κ2) is 5.88. The Balaban J connectivity index is 2.47. The van der Waals surface area contributed by atoms with Gasteiger partial charge >= 0.3 is 0 Å². The Kier molecular flexibility index (Phi) is 4.42. The van der Waals surface area contributed by atoms with Crippen molar-refractivity contribution in [2.24, 2.45) is 0 Å². The van der Waals surface area contributed by atoms with Gasteiger partial charge in [0.15, 0.2) is 0 Å². The zero-order valence-electron chi connectivity index (χ0n) is 11.9. The minimum absolute atomic E-state index is 0.871.